The van der Waals surface area contributed by atoms with E-state index in [0.717, 1.165) is 4.47 Å². The molecular formula is C9H8BrNO3. The van der Waals surface area contributed by atoms with Crippen molar-refractivity contribution in [1.29, 1.82) is 0 Å². The molecule has 0 saturated carbocycles. The first-order chi connectivity index (χ1) is 6.66. The molecule has 0 aromatic heterocycles. The Hall–Kier alpha value is -1.23. The lowest BCUT2D eigenvalue weighted by Crippen LogP contribution is -2.40. The normalized spacial score (nSPS) is 19.1. The summed E-state index contributed by atoms with van der Waals surface area (Å²) in [5, 5.41) is 0. The Kier molecular flexibility index (Phi) is 2.33. The second-order valence-corrected chi connectivity index (χ2v) is 3.83. The van der Waals surface area contributed by atoms with Crippen molar-refractivity contribution in [2.45, 2.75) is 6.10 Å². The number of hydrogen-bond acceptors (Lipinski definition) is 3. The lowest BCUT2D eigenvalue weighted by atomic mass is 10.2. The van der Waals surface area contributed by atoms with E-state index in [9.17, 15) is 4.79 Å². The predicted octanol–water partition coefficient (Wildman–Crippen LogP) is 1.07. The molecule has 2 N–H and O–H groups in total. The van der Waals surface area contributed by atoms with Crippen LogP contribution in [-0.4, -0.2) is 18.6 Å². The minimum atomic E-state index is -0.691. The van der Waals surface area contributed by atoms with Crippen molar-refractivity contribution >= 4 is 21.8 Å². The molecule has 0 bridgehead atoms. The number of amides is 1. The van der Waals surface area contributed by atoms with Gasteiger partial charge in [0.15, 0.2) is 11.5 Å². The molecule has 1 heterocycles. The molecular weight excluding hydrogens is 250 g/mol. The minimum absolute atomic E-state index is 0.165. The van der Waals surface area contributed by atoms with Crippen LogP contribution in [-0.2, 0) is 4.79 Å². The van der Waals surface area contributed by atoms with Crippen molar-refractivity contribution in [3.8, 4) is 11.5 Å². The summed E-state index contributed by atoms with van der Waals surface area (Å²) in [4.78, 5) is 10.8. The van der Waals surface area contributed by atoms with Crippen molar-refractivity contribution in [2.24, 2.45) is 5.73 Å². The van der Waals surface area contributed by atoms with Gasteiger partial charge in [0, 0.05) is 4.47 Å². The number of rotatable bonds is 1. The third-order valence-corrected chi connectivity index (χ3v) is 2.38. The molecule has 0 saturated heterocycles. The zero-order chi connectivity index (χ0) is 10.1. The van der Waals surface area contributed by atoms with Crippen LogP contribution in [0.15, 0.2) is 22.7 Å². The molecule has 4 nitrogen and oxygen atoms in total. The summed E-state index contributed by atoms with van der Waals surface area (Å²) >= 11 is 3.31. The predicted molar refractivity (Wildman–Crippen MR) is 53.2 cm³/mol. The first-order valence-corrected chi connectivity index (χ1v) is 4.84. The quantitative estimate of drug-likeness (QED) is 0.819. The van der Waals surface area contributed by atoms with Gasteiger partial charge >= 0.3 is 0 Å². The molecule has 5 heteroatoms. The van der Waals surface area contributed by atoms with Gasteiger partial charge in [-0.2, -0.15) is 0 Å². The van der Waals surface area contributed by atoms with Gasteiger partial charge in [0.2, 0.25) is 6.10 Å². The number of primary amides is 1. The zero-order valence-corrected chi connectivity index (χ0v) is 8.78. The van der Waals surface area contributed by atoms with Crippen LogP contribution in [0, 0.1) is 0 Å². The highest BCUT2D eigenvalue weighted by Crippen LogP contribution is 2.33. The number of halogens is 1. The van der Waals surface area contributed by atoms with Gasteiger partial charge in [-0.05, 0) is 18.2 Å². The van der Waals surface area contributed by atoms with E-state index in [1.807, 2.05) is 6.07 Å². The van der Waals surface area contributed by atoms with E-state index in [1.54, 1.807) is 12.1 Å². The van der Waals surface area contributed by atoms with Gasteiger partial charge in [-0.1, -0.05) is 15.9 Å². The number of fused-ring (bicyclic) bond motifs is 1. The van der Waals surface area contributed by atoms with E-state index >= 15 is 0 Å². The second kappa shape index (κ2) is 3.49. The molecule has 1 unspecified atom stereocenters. The largest absolute Gasteiger partial charge is 0.485 e. The van der Waals surface area contributed by atoms with Crippen LogP contribution in [0.25, 0.3) is 0 Å². The lowest BCUT2D eigenvalue weighted by molar-refractivity contribution is -0.127. The summed E-state index contributed by atoms with van der Waals surface area (Å²) in [6.45, 7) is 0.165. The molecule has 0 radical (unpaired) electrons. The van der Waals surface area contributed by atoms with Gasteiger partial charge in [0.05, 0.1) is 0 Å². The highest BCUT2D eigenvalue weighted by molar-refractivity contribution is 9.10. The number of benzene rings is 1. The van der Waals surface area contributed by atoms with Gasteiger partial charge in [-0.3, -0.25) is 4.79 Å². The third-order valence-electron chi connectivity index (χ3n) is 1.88. The molecule has 1 aliphatic rings. The van der Waals surface area contributed by atoms with Gasteiger partial charge in [0.25, 0.3) is 5.91 Å². The summed E-state index contributed by atoms with van der Waals surface area (Å²) in [5.41, 5.74) is 5.10. The van der Waals surface area contributed by atoms with Crippen LogP contribution < -0.4 is 15.2 Å². The smallest absolute Gasteiger partial charge is 0.262 e. The molecule has 0 fully saturated rings. The fourth-order valence-corrected chi connectivity index (χ4v) is 1.53. The first kappa shape index (κ1) is 9.33. The Labute approximate surface area is 89.1 Å². The summed E-state index contributed by atoms with van der Waals surface area (Å²) < 4.78 is 11.6. The highest BCUT2D eigenvalue weighted by atomic mass is 79.9. The molecule has 0 aliphatic carbocycles. The van der Waals surface area contributed by atoms with Gasteiger partial charge in [-0.25, -0.2) is 0 Å². The van der Waals surface area contributed by atoms with Gasteiger partial charge in [-0.15, -0.1) is 0 Å². The van der Waals surface area contributed by atoms with Crippen molar-refractivity contribution in [1.82, 2.24) is 0 Å². The Bertz CT molecular complexity index is 380. The van der Waals surface area contributed by atoms with Gasteiger partial charge in [0.1, 0.15) is 6.61 Å². The molecule has 1 aromatic carbocycles. The lowest BCUT2D eigenvalue weighted by Gasteiger charge is -2.24. The number of nitrogens with two attached hydrogens (primary N) is 1. The van der Waals surface area contributed by atoms with E-state index in [4.69, 9.17) is 15.2 Å². The van der Waals surface area contributed by atoms with Gasteiger partial charge < -0.3 is 15.2 Å². The summed E-state index contributed by atoms with van der Waals surface area (Å²) in [6, 6.07) is 5.33. The van der Waals surface area contributed by atoms with E-state index < -0.39 is 12.0 Å². The fourth-order valence-electron chi connectivity index (χ4n) is 1.19. The molecule has 1 atom stereocenters. The van der Waals surface area contributed by atoms with Crippen LogP contribution in [0.3, 0.4) is 0 Å². The maximum atomic E-state index is 10.8. The van der Waals surface area contributed by atoms with Crippen LogP contribution in [0.1, 0.15) is 0 Å². The third kappa shape index (κ3) is 1.68. The standard InChI is InChI=1S/C9H8BrNO3/c10-5-1-2-6-7(3-5)13-4-8(14-6)9(11)12/h1-3,8H,4H2,(H2,11,12). The van der Waals surface area contributed by atoms with Crippen molar-refractivity contribution < 1.29 is 14.3 Å². The Morgan fingerprint density at radius 3 is 3.00 bits per heavy atom. The van der Waals surface area contributed by atoms with E-state index in [1.165, 1.54) is 0 Å². The fraction of sp³-hybridized carbons (Fsp3) is 0.222. The molecule has 2 rings (SSSR count). The van der Waals surface area contributed by atoms with E-state index in [-0.39, 0.29) is 6.61 Å². The summed E-state index contributed by atoms with van der Waals surface area (Å²) in [7, 11) is 0. The zero-order valence-electron chi connectivity index (χ0n) is 7.20. The van der Waals surface area contributed by atoms with Crippen LogP contribution in [0.2, 0.25) is 0 Å². The van der Waals surface area contributed by atoms with Crippen LogP contribution in [0.4, 0.5) is 0 Å². The Morgan fingerprint density at radius 2 is 2.29 bits per heavy atom. The molecule has 0 spiro atoms. The maximum absolute atomic E-state index is 10.8. The van der Waals surface area contributed by atoms with E-state index in [2.05, 4.69) is 15.9 Å². The average molecular weight is 258 g/mol. The van der Waals surface area contributed by atoms with Crippen molar-refractivity contribution in [2.75, 3.05) is 6.61 Å². The first-order valence-electron chi connectivity index (χ1n) is 4.05. The van der Waals surface area contributed by atoms with Crippen molar-refractivity contribution in [3.05, 3.63) is 22.7 Å². The molecule has 1 amide bonds. The monoisotopic (exact) mass is 257 g/mol. The Balaban J connectivity index is 2.27. The Morgan fingerprint density at radius 1 is 1.50 bits per heavy atom. The maximum Gasteiger partial charge on any atom is 0.262 e. The van der Waals surface area contributed by atoms with Crippen molar-refractivity contribution in [3.63, 3.8) is 0 Å². The summed E-state index contributed by atoms with van der Waals surface area (Å²) in [6.07, 6.45) is -0.691. The minimum Gasteiger partial charge on any atom is -0.485 e. The van der Waals surface area contributed by atoms with Crippen LogP contribution >= 0.6 is 15.9 Å². The summed E-state index contributed by atoms with van der Waals surface area (Å²) in [5.74, 6) is 0.652. The van der Waals surface area contributed by atoms with E-state index in [0.29, 0.717) is 11.5 Å². The topological polar surface area (TPSA) is 61.6 Å². The van der Waals surface area contributed by atoms with Crippen LogP contribution in [0.5, 0.6) is 11.5 Å². The second-order valence-electron chi connectivity index (χ2n) is 2.91. The molecule has 74 valence electrons. The number of carbonyl (C=O) groups is 1. The molecule has 1 aromatic rings. The number of hydrogen-bond donors (Lipinski definition) is 1. The highest BCUT2D eigenvalue weighted by Gasteiger charge is 2.25. The molecule has 14 heavy (non-hydrogen) atoms. The average Bonchev–Trinajstić information content (AvgIpc) is 2.16. The number of carbonyl (C=O) groups excluding carboxylic acids is 1. The molecule has 1 aliphatic heterocycles. The SMILES string of the molecule is NC(=O)C1COc2cc(Br)ccc2O1. The number of ether oxygens (including phenoxy) is 2.